The van der Waals surface area contributed by atoms with E-state index < -0.39 is 0 Å². The topological polar surface area (TPSA) is 71.4 Å². The molecule has 2 aromatic rings. The molecule has 0 radical (unpaired) electrons. The van der Waals surface area contributed by atoms with Crippen LogP contribution in [-0.2, 0) is 25.0 Å². The van der Waals surface area contributed by atoms with Crippen LogP contribution in [0.15, 0.2) is 12.5 Å². The first-order valence-corrected chi connectivity index (χ1v) is 6.62. The van der Waals surface area contributed by atoms with Gasteiger partial charge in [0.2, 0.25) is 0 Å². The Kier molecular flexibility index (Phi) is 3.99. The normalized spacial score (nSPS) is 12.0. The van der Waals surface area contributed by atoms with Crippen LogP contribution in [0.4, 0.5) is 0 Å². The van der Waals surface area contributed by atoms with Gasteiger partial charge in [-0.1, -0.05) is 20.8 Å². The van der Waals surface area contributed by atoms with Gasteiger partial charge in [-0.25, -0.2) is 0 Å². The van der Waals surface area contributed by atoms with Crippen LogP contribution < -0.4 is 5.32 Å². The highest BCUT2D eigenvalue weighted by atomic mass is 15.3. The molecule has 6 heteroatoms. The standard InChI is InChI=1S/C13H22N6/c1-5-19-9-16-17-11(19)8-14-6-10-7-15-18-12(10)13(2,3)4/h7,9,14H,5-6,8H2,1-4H3,(H,15,18). The molecular formula is C13H22N6. The van der Waals surface area contributed by atoms with Crippen molar-refractivity contribution in [1.29, 1.82) is 0 Å². The number of aromatic amines is 1. The van der Waals surface area contributed by atoms with Crippen LogP contribution in [0.25, 0.3) is 0 Å². The van der Waals surface area contributed by atoms with Crippen LogP contribution in [0.2, 0.25) is 0 Å². The van der Waals surface area contributed by atoms with Gasteiger partial charge in [-0.2, -0.15) is 5.10 Å². The zero-order valence-corrected chi connectivity index (χ0v) is 12.1. The minimum absolute atomic E-state index is 0.0803. The van der Waals surface area contributed by atoms with Gasteiger partial charge in [0.25, 0.3) is 0 Å². The fourth-order valence-corrected chi connectivity index (χ4v) is 2.08. The molecule has 2 heterocycles. The molecule has 2 aromatic heterocycles. The number of hydrogen-bond acceptors (Lipinski definition) is 4. The summed E-state index contributed by atoms with van der Waals surface area (Å²) in [7, 11) is 0. The van der Waals surface area contributed by atoms with E-state index in [-0.39, 0.29) is 5.41 Å². The SMILES string of the molecule is CCn1cnnc1CNCc1cn[nH]c1C(C)(C)C. The van der Waals surface area contributed by atoms with Crippen LogP contribution in [-0.4, -0.2) is 25.0 Å². The van der Waals surface area contributed by atoms with Crippen molar-refractivity contribution in [3.63, 3.8) is 0 Å². The predicted octanol–water partition coefficient (Wildman–Crippen LogP) is 1.61. The van der Waals surface area contributed by atoms with Crippen molar-refractivity contribution in [2.45, 2.75) is 52.7 Å². The number of aromatic nitrogens is 5. The largest absolute Gasteiger partial charge is 0.317 e. The first kappa shape index (κ1) is 13.7. The molecule has 6 nitrogen and oxygen atoms in total. The Morgan fingerprint density at radius 3 is 2.79 bits per heavy atom. The van der Waals surface area contributed by atoms with E-state index in [2.05, 4.69) is 53.4 Å². The third-order valence-corrected chi connectivity index (χ3v) is 3.10. The highest BCUT2D eigenvalue weighted by molar-refractivity contribution is 5.23. The summed E-state index contributed by atoms with van der Waals surface area (Å²) < 4.78 is 2.03. The molecule has 0 aliphatic carbocycles. The quantitative estimate of drug-likeness (QED) is 0.858. The Morgan fingerprint density at radius 2 is 2.11 bits per heavy atom. The van der Waals surface area contributed by atoms with Gasteiger partial charge < -0.3 is 9.88 Å². The zero-order chi connectivity index (χ0) is 13.9. The van der Waals surface area contributed by atoms with Crippen LogP contribution in [0.5, 0.6) is 0 Å². The monoisotopic (exact) mass is 262 g/mol. The number of aryl methyl sites for hydroxylation is 1. The molecule has 2 N–H and O–H groups in total. The summed E-state index contributed by atoms with van der Waals surface area (Å²) in [4.78, 5) is 0. The smallest absolute Gasteiger partial charge is 0.146 e. The molecule has 0 amide bonds. The van der Waals surface area contributed by atoms with Gasteiger partial charge in [0.1, 0.15) is 12.2 Å². The average Bonchev–Trinajstić information content (AvgIpc) is 2.96. The lowest BCUT2D eigenvalue weighted by atomic mass is 9.89. The Labute approximate surface area is 113 Å². The molecule has 0 bridgehead atoms. The van der Waals surface area contributed by atoms with Gasteiger partial charge in [-0.05, 0) is 6.92 Å². The summed E-state index contributed by atoms with van der Waals surface area (Å²) in [5, 5.41) is 18.6. The van der Waals surface area contributed by atoms with Crippen molar-refractivity contribution in [2.75, 3.05) is 0 Å². The molecule has 19 heavy (non-hydrogen) atoms. The Hall–Kier alpha value is -1.69. The Balaban J connectivity index is 1.95. The van der Waals surface area contributed by atoms with Crippen molar-refractivity contribution >= 4 is 0 Å². The summed E-state index contributed by atoms with van der Waals surface area (Å²) in [6.45, 7) is 11.0. The third-order valence-electron chi connectivity index (χ3n) is 3.10. The van der Waals surface area contributed by atoms with Crippen molar-refractivity contribution in [1.82, 2.24) is 30.3 Å². The van der Waals surface area contributed by atoms with Gasteiger partial charge in [-0.15, -0.1) is 10.2 Å². The summed E-state index contributed by atoms with van der Waals surface area (Å²) in [5.41, 5.74) is 2.46. The number of rotatable bonds is 5. The van der Waals surface area contributed by atoms with E-state index in [4.69, 9.17) is 0 Å². The van der Waals surface area contributed by atoms with Gasteiger partial charge in [-0.3, -0.25) is 5.10 Å². The molecule has 2 rings (SSSR count). The molecule has 0 aromatic carbocycles. The van der Waals surface area contributed by atoms with Crippen molar-refractivity contribution in [2.24, 2.45) is 0 Å². The van der Waals surface area contributed by atoms with Gasteiger partial charge >= 0.3 is 0 Å². The summed E-state index contributed by atoms with van der Waals surface area (Å²) in [5.74, 6) is 0.961. The second-order valence-corrected chi connectivity index (χ2v) is 5.66. The molecule has 0 unspecified atom stereocenters. The molecule has 0 fully saturated rings. The fourth-order valence-electron chi connectivity index (χ4n) is 2.08. The Bertz CT molecular complexity index is 519. The van der Waals surface area contributed by atoms with Crippen LogP contribution in [0.1, 0.15) is 44.8 Å². The summed E-state index contributed by atoms with van der Waals surface area (Å²) in [6, 6.07) is 0. The van der Waals surface area contributed by atoms with Crippen molar-refractivity contribution < 1.29 is 0 Å². The number of nitrogens with one attached hydrogen (secondary N) is 2. The second kappa shape index (κ2) is 5.52. The van der Waals surface area contributed by atoms with Crippen LogP contribution in [0.3, 0.4) is 0 Å². The molecule has 0 aliphatic rings. The predicted molar refractivity (Wildman–Crippen MR) is 73.5 cm³/mol. The lowest BCUT2D eigenvalue weighted by molar-refractivity contribution is 0.549. The minimum atomic E-state index is 0.0803. The molecule has 0 saturated heterocycles. The average molecular weight is 262 g/mol. The molecule has 0 aliphatic heterocycles. The van der Waals surface area contributed by atoms with E-state index in [9.17, 15) is 0 Å². The minimum Gasteiger partial charge on any atom is -0.317 e. The van der Waals surface area contributed by atoms with E-state index in [1.807, 2.05) is 10.8 Å². The molecule has 0 spiro atoms. The summed E-state index contributed by atoms with van der Waals surface area (Å²) in [6.07, 6.45) is 3.65. The lowest BCUT2D eigenvalue weighted by Gasteiger charge is -2.18. The third kappa shape index (κ3) is 3.20. The summed E-state index contributed by atoms with van der Waals surface area (Å²) >= 11 is 0. The number of H-pyrrole nitrogens is 1. The zero-order valence-electron chi connectivity index (χ0n) is 12.1. The number of nitrogens with zero attached hydrogens (tertiary/aromatic N) is 4. The first-order chi connectivity index (χ1) is 9.02. The molecule has 0 saturated carbocycles. The Morgan fingerprint density at radius 1 is 1.32 bits per heavy atom. The molecule has 104 valence electrons. The second-order valence-electron chi connectivity index (χ2n) is 5.66. The van der Waals surface area contributed by atoms with E-state index in [0.29, 0.717) is 6.54 Å². The van der Waals surface area contributed by atoms with E-state index >= 15 is 0 Å². The molecule has 0 atom stereocenters. The maximum absolute atomic E-state index is 4.14. The van der Waals surface area contributed by atoms with Crippen molar-refractivity contribution in [3.05, 3.63) is 29.6 Å². The van der Waals surface area contributed by atoms with Gasteiger partial charge in [0.15, 0.2) is 0 Å². The molecular weight excluding hydrogens is 240 g/mol. The van der Waals surface area contributed by atoms with Crippen molar-refractivity contribution in [3.8, 4) is 0 Å². The van der Waals surface area contributed by atoms with Crippen LogP contribution >= 0.6 is 0 Å². The van der Waals surface area contributed by atoms with Gasteiger partial charge in [0.05, 0.1) is 12.7 Å². The maximum atomic E-state index is 4.14. The fraction of sp³-hybridized carbons (Fsp3) is 0.615. The van der Waals surface area contributed by atoms with E-state index in [0.717, 1.165) is 18.9 Å². The maximum Gasteiger partial charge on any atom is 0.146 e. The first-order valence-electron chi connectivity index (χ1n) is 6.62. The van der Waals surface area contributed by atoms with Crippen LogP contribution in [0, 0.1) is 0 Å². The van der Waals surface area contributed by atoms with Gasteiger partial charge in [0, 0.05) is 29.8 Å². The highest BCUT2D eigenvalue weighted by Gasteiger charge is 2.19. The van der Waals surface area contributed by atoms with E-state index in [1.165, 1.54) is 11.3 Å². The highest BCUT2D eigenvalue weighted by Crippen LogP contribution is 2.23. The van der Waals surface area contributed by atoms with E-state index in [1.54, 1.807) is 6.33 Å². The number of hydrogen-bond donors (Lipinski definition) is 2. The lowest BCUT2D eigenvalue weighted by Crippen LogP contribution is -2.20.